The molecule has 0 radical (unpaired) electrons. The molecule has 0 saturated carbocycles. The molecule has 0 aliphatic rings. The maximum absolute atomic E-state index is 13.5. The van der Waals surface area contributed by atoms with Crippen molar-refractivity contribution in [1.82, 2.24) is 29.1 Å². The molecule has 40 heavy (non-hydrogen) atoms. The molecule has 1 atom stereocenters. The maximum Gasteiger partial charge on any atom is 0.282 e. The number of aromatic hydroxyl groups is 1. The smallest absolute Gasteiger partial charge is 0.282 e. The third-order valence-corrected chi connectivity index (χ3v) is 6.95. The van der Waals surface area contributed by atoms with E-state index in [1.807, 2.05) is 37.3 Å². The average molecular weight is 557 g/mol. The van der Waals surface area contributed by atoms with Gasteiger partial charge in [-0.3, -0.25) is 14.1 Å². The van der Waals surface area contributed by atoms with Crippen LogP contribution in [0, 0.1) is 0 Å². The lowest BCUT2D eigenvalue weighted by molar-refractivity contribution is 0.476. The minimum Gasteiger partial charge on any atom is -0.508 e. The number of hydrogen-bond acceptors (Lipinski definition) is 8. The van der Waals surface area contributed by atoms with Crippen LogP contribution < -0.4 is 15.6 Å². The van der Waals surface area contributed by atoms with Gasteiger partial charge in [-0.05, 0) is 48.9 Å². The minimum absolute atomic E-state index is 0.117. The quantitative estimate of drug-likeness (QED) is 0.232. The summed E-state index contributed by atoms with van der Waals surface area (Å²) < 4.78 is 29.1. The van der Waals surface area contributed by atoms with E-state index in [2.05, 4.69) is 25.0 Å². The first-order chi connectivity index (χ1) is 19.2. The van der Waals surface area contributed by atoms with Crippen LogP contribution in [0.25, 0.3) is 33.4 Å². The number of fused-ring (bicyclic) bond motifs is 2. The zero-order valence-corrected chi connectivity index (χ0v) is 22.2. The largest absolute Gasteiger partial charge is 0.508 e. The summed E-state index contributed by atoms with van der Waals surface area (Å²) in [6.45, 7) is 1.87. The Morgan fingerprint density at radius 2 is 1.85 bits per heavy atom. The van der Waals surface area contributed by atoms with Gasteiger partial charge >= 0.3 is 0 Å². The van der Waals surface area contributed by atoms with Gasteiger partial charge in [0.2, 0.25) is 10.0 Å². The molecule has 13 heteroatoms. The monoisotopic (exact) mass is 556 g/mol. The summed E-state index contributed by atoms with van der Waals surface area (Å²) in [6.07, 6.45) is 5.87. The molecule has 6 aromatic rings. The van der Waals surface area contributed by atoms with Crippen molar-refractivity contribution in [2.75, 3.05) is 16.3 Å². The highest BCUT2D eigenvalue weighted by atomic mass is 32.2. The van der Waals surface area contributed by atoms with Crippen molar-refractivity contribution in [2.24, 2.45) is 0 Å². The highest BCUT2D eigenvalue weighted by Gasteiger charge is 2.21. The Labute approximate surface area is 228 Å². The van der Waals surface area contributed by atoms with Gasteiger partial charge in [-0.2, -0.15) is 5.10 Å². The molecule has 6 rings (SSSR count). The van der Waals surface area contributed by atoms with Crippen molar-refractivity contribution in [3.63, 3.8) is 0 Å². The zero-order chi connectivity index (χ0) is 28.0. The van der Waals surface area contributed by atoms with E-state index in [9.17, 15) is 18.3 Å². The molecular formula is C27H24N8O4S. The average Bonchev–Trinajstić information content (AvgIpc) is 3.56. The Morgan fingerprint density at radius 3 is 2.62 bits per heavy atom. The van der Waals surface area contributed by atoms with Crippen LogP contribution >= 0.6 is 0 Å². The summed E-state index contributed by atoms with van der Waals surface area (Å²) in [7, 11) is -3.56. The van der Waals surface area contributed by atoms with E-state index >= 15 is 0 Å². The number of nitrogens with zero attached hydrogens (tertiary/aromatic N) is 5. The number of benzene rings is 2. The molecule has 4 aromatic heterocycles. The Hall–Kier alpha value is -5.17. The van der Waals surface area contributed by atoms with Crippen molar-refractivity contribution in [3.8, 4) is 22.6 Å². The summed E-state index contributed by atoms with van der Waals surface area (Å²) in [6, 6.07) is 16.7. The first kappa shape index (κ1) is 25.1. The number of hydrogen-bond donors (Lipinski definition) is 4. The number of H-pyrrole nitrogens is 1. The number of rotatable bonds is 7. The molecule has 4 heterocycles. The molecule has 0 bridgehead atoms. The SMILES string of the molecule is C[C@H](Nc1ncnc2[nH]cc(-c3cc(O)cc(NS(C)(=O)=O)c3)c12)c1nn2cccc2c(=O)n1-c1ccccc1. The lowest BCUT2D eigenvalue weighted by atomic mass is 10.0. The van der Waals surface area contributed by atoms with Gasteiger partial charge in [0.25, 0.3) is 5.56 Å². The molecule has 4 N–H and O–H groups in total. The standard InChI is InChI=1S/C27H24N8O4S/c1-16(26-32-34-10-6-9-22(34)27(37)35(26)19-7-4-3-5-8-19)31-25-23-21(14-28-24(23)29-15-30-25)17-11-18(13-20(36)12-17)33-40(2,38)39/h3-16,33,36H,1-2H3,(H2,28,29,30,31)/t16-/m0/s1. The molecule has 0 saturated heterocycles. The molecule has 0 aliphatic heterocycles. The normalized spacial score (nSPS) is 12.6. The molecule has 0 spiro atoms. The lowest BCUT2D eigenvalue weighted by Crippen LogP contribution is -2.29. The molecule has 0 amide bonds. The summed E-state index contributed by atoms with van der Waals surface area (Å²) in [4.78, 5) is 25.4. The number of aromatic nitrogens is 6. The summed E-state index contributed by atoms with van der Waals surface area (Å²) in [5, 5.41) is 19.1. The van der Waals surface area contributed by atoms with Crippen molar-refractivity contribution >= 4 is 38.1 Å². The van der Waals surface area contributed by atoms with Crippen molar-refractivity contribution in [2.45, 2.75) is 13.0 Å². The molecule has 12 nitrogen and oxygen atoms in total. The van der Waals surface area contributed by atoms with E-state index in [0.717, 1.165) is 6.26 Å². The van der Waals surface area contributed by atoms with Crippen LogP contribution in [0.4, 0.5) is 11.5 Å². The third-order valence-electron chi connectivity index (χ3n) is 6.35. The number of phenolic OH excluding ortho intramolecular Hbond substituents is 1. The Balaban J connectivity index is 1.46. The van der Waals surface area contributed by atoms with Crippen LogP contribution in [0.3, 0.4) is 0 Å². The number of nitrogens with one attached hydrogen (secondary N) is 3. The lowest BCUT2D eigenvalue weighted by Gasteiger charge is -2.20. The number of anilines is 2. The molecule has 202 valence electrons. The predicted molar refractivity (Wildman–Crippen MR) is 152 cm³/mol. The zero-order valence-electron chi connectivity index (χ0n) is 21.4. The summed E-state index contributed by atoms with van der Waals surface area (Å²) >= 11 is 0. The fourth-order valence-electron chi connectivity index (χ4n) is 4.72. The van der Waals surface area contributed by atoms with Gasteiger partial charge in [-0.15, -0.1) is 0 Å². The minimum atomic E-state index is -3.56. The van der Waals surface area contributed by atoms with Gasteiger partial charge in [-0.25, -0.2) is 22.9 Å². The molecule has 0 aliphatic carbocycles. The van der Waals surface area contributed by atoms with Crippen LogP contribution in [0.2, 0.25) is 0 Å². The second-order valence-corrected chi connectivity index (χ2v) is 11.1. The Bertz CT molecular complexity index is 2050. The number of para-hydroxylation sites is 1. The van der Waals surface area contributed by atoms with Crippen LogP contribution in [0.1, 0.15) is 18.8 Å². The molecule has 0 fully saturated rings. The molecule has 2 aromatic carbocycles. The van der Waals surface area contributed by atoms with Gasteiger partial charge in [-0.1, -0.05) is 18.2 Å². The maximum atomic E-state index is 13.5. The van der Waals surface area contributed by atoms with Crippen LogP contribution in [0.5, 0.6) is 5.75 Å². The highest BCUT2D eigenvalue weighted by molar-refractivity contribution is 7.92. The van der Waals surface area contributed by atoms with Crippen molar-refractivity contribution < 1.29 is 13.5 Å². The topological polar surface area (TPSA) is 159 Å². The van der Waals surface area contributed by atoms with Crippen LogP contribution in [0.15, 0.2) is 84.2 Å². The van der Waals surface area contributed by atoms with Crippen LogP contribution in [-0.4, -0.2) is 48.9 Å². The second kappa shape index (κ2) is 9.54. The fourth-order valence-corrected chi connectivity index (χ4v) is 5.26. The number of sulfonamides is 1. The van der Waals surface area contributed by atoms with Gasteiger partial charge in [0.05, 0.1) is 29.1 Å². The van der Waals surface area contributed by atoms with E-state index in [1.54, 1.807) is 39.7 Å². The predicted octanol–water partition coefficient (Wildman–Crippen LogP) is 3.67. The second-order valence-electron chi connectivity index (χ2n) is 9.33. The van der Waals surface area contributed by atoms with E-state index in [-0.39, 0.29) is 17.0 Å². The summed E-state index contributed by atoms with van der Waals surface area (Å²) in [5.41, 5.74) is 2.81. The van der Waals surface area contributed by atoms with Crippen molar-refractivity contribution in [1.29, 1.82) is 0 Å². The van der Waals surface area contributed by atoms with Gasteiger partial charge < -0.3 is 15.4 Å². The van der Waals surface area contributed by atoms with E-state index in [0.29, 0.717) is 45.0 Å². The number of phenols is 1. The van der Waals surface area contributed by atoms with Gasteiger partial charge in [0, 0.05) is 24.0 Å². The highest BCUT2D eigenvalue weighted by Crippen LogP contribution is 2.36. The first-order valence-electron chi connectivity index (χ1n) is 12.2. The third kappa shape index (κ3) is 4.62. The van der Waals surface area contributed by atoms with E-state index in [4.69, 9.17) is 5.10 Å². The number of aromatic amines is 1. The molecule has 0 unspecified atom stereocenters. The fraction of sp³-hybridized carbons (Fsp3) is 0.111. The Morgan fingerprint density at radius 1 is 1.05 bits per heavy atom. The van der Waals surface area contributed by atoms with Gasteiger partial charge in [0.1, 0.15) is 29.1 Å². The van der Waals surface area contributed by atoms with Gasteiger partial charge in [0.15, 0.2) is 5.82 Å². The first-order valence-corrected chi connectivity index (χ1v) is 14.1. The van der Waals surface area contributed by atoms with Crippen molar-refractivity contribution in [3.05, 3.63) is 95.6 Å². The van der Waals surface area contributed by atoms with E-state index < -0.39 is 16.1 Å². The molecular weight excluding hydrogens is 532 g/mol. The summed E-state index contributed by atoms with van der Waals surface area (Å²) in [5.74, 6) is 0.797. The Kier molecular flexibility index (Phi) is 5.99. The van der Waals surface area contributed by atoms with E-state index in [1.165, 1.54) is 18.5 Å². The van der Waals surface area contributed by atoms with Crippen LogP contribution in [-0.2, 0) is 10.0 Å².